The monoisotopic (exact) mass is 762 g/mol. The van der Waals surface area contributed by atoms with Crippen LogP contribution in [0.4, 0.5) is 11.4 Å². The number of ketones is 1. The minimum atomic E-state index is -1.53. The Kier molecular flexibility index (Phi) is 8.50. The van der Waals surface area contributed by atoms with E-state index in [1.165, 1.54) is 23.0 Å². The molecular formula is C46H35ClN2O7. The van der Waals surface area contributed by atoms with E-state index in [1.54, 1.807) is 84.9 Å². The average Bonchev–Trinajstić information content (AvgIpc) is 3.62. The molecule has 0 radical (unpaired) electrons. The molecule has 278 valence electrons. The second-order valence-corrected chi connectivity index (χ2v) is 15.2. The molecule has 2 aliphatic heterocycles. The Morgan fingerprint density at radius 3 is 2.11 bits per heavy atom. The number of halogens is 1. The van der Waals surface area contributed by atoms with Crippen molar-refractivity contribution >= 4 is 52.4 Å². The second-order valence-electron chi connectivity index (χ2n) is 14.8. The lowest BCUT2D eigenvalue weighted by molar-refractivity contribution is -0.127. The summed E-state index contributed by atoms with van der Waals surface area (Å²) in [4.78, 5) is 74.9. The number of nitrogens with zero attached hydrogens (tertiary/aromatic N) is 2. The molecule has 0 spiro atoms. The van der Waals surface area contributed by atoms with Crippen LogP contribution in [-0.4, -0.2) is 41.6 Å². The summed E-state index contributed by atoms with van der Waals surface area (Å²) in [6.07, 6.45) is 2.26. The van der Waals surface area contributed by atoms with Crippen LogP contribution in [0.1, 0.15) is 45.8 Å². The minimum Gasteiger partial charge on any atom is -0.508 e. The number of allylic oxidation sites excluding steroid dienone is 2. The van der Waals surface area contributed by atoms with Gasteiger partial charge in [0.25, 0.3) is 0 Å². The summed E-state index contributed by atoms with van der Waals surface area (Å²) in [5.41, 5.74) is 1.78. The SMILES string of the molecule is COc1ccc(C2C3=CCC4C(=O)N(c5ccc(C(=O)c6ccccc6)cc5)C(=O)C4C3CC3C(=O)N(c4cccc(Cl)c4)C(=O)C32c2ccccc2)c(O)c1. The van der Waals surface area contributed by atoms with Gasteiger partial charge < -0.3 is 9.84 Å². The Morgan fingerprint density at radius 1 is 0.732 bits per heavy atom. The number of amides is 4. The highest BCUT2D eigenvalue weighted by molar-refractivity contribution is 6.32. The van der Waals surface area contributed by atoms with Crippen LogP contribution in [-0.2, 0) is 24.6 Å². The molecule has 2 aliphatic carbocycles. The van der Waals surface area contributed by atoms with Gasteiger partial charge in [0.1, 0.15) is 11.5 Å². The summed E-state index contributed by atoms with van der Waals surface area (Å²) in [5.74, 6) is -5.67. The van der Waals surface area contributed by atoms with Gasteiger partial charge in [0.05, 0.1) is 41.7 Å². The van der Waals surface area contributed by atoms with Gasteiger partial charge in [-0.05, 0) is 72.9 Å². The predicted octanol–water partition coefficient (Wildman–Crippen LogP) is 7.65. The number of imide groups is 2. The van der Waals surface area contributed by atoms with Crippen LogP contribution in [0.15, 0.2) is 139 Å². The molecule has 9 rings (SSSR count). The quantitative estimate of drug-likeness (QED) is 0.103. The van der Waals surface area contributed by atoms with Gasteiger partial charge in [-0.25, -0.2) is 4.90 Å². The van der Waals surface area contributed by atoms with Crippen molar-refractivity contribution in [3.63, 3.8) is 0 Å². The molecule has 5 aromatic rings. The molecule has 10 heteroatoms. The van der Waals surface area contributed by atoms with E-state index in [0.29, 0.717) is 50.0 Å². The van der Waals surface area contributed by atoms with E-state index in [-0.39, 0.29) is 30.3 Å². The van der Waals surface area contributed by atoms with E-state index < -0.39 is 52.7 Å². The summed E-state index contributed by atoms with van der Waals surface area (Å²) in [7, 11) is 1.49. The number of rotatable bonds is 7. The second kappa shape index (κ2) is 13.5. The van der Waals surface area contributed by atoms with Crippen molar-refractivity contribution in [1.29, 1.82) is 0 Å². The number of phenols is 1. The van der Waals surface area contributed by atoms with Crippen molar-refractivity contribution < 1.29 is 33.8 Å². The lowest BCUT2D eigenvalue weighted by Crippen LogP contribution is -2.53. The largest absolute Gasteiger partial charge is 0.508 e. The number of methoxy groups -OCH3 is 1. The summed E-state index contributed by atoms with van der Waals surface area (Å²) in [6.45, 7) is 0. The maximum absolute atomic E-state index is 15.4. The third-order valence-electron chi connectivity index (χ3n) is 12.1. The highest BCUT2D eigenvalue weighted by Gasteiger charge is 2.70. The van der Waals surface area contributed by atoms with Gasteiger partial charge in [-0.2, -0.15) is 0 Å². The van der Waals surface area contributed by atoms with Crippen LogP contribution >= 0.6 is 11.6 Å². The minimum absolute atomic E-state index is 0.105. The first kappa shape index (κ1) is 35.4. The standard InChI is InChI=1S/C46H35ClN2O7/c1-56-32-19-20-34(38(50)24-32)40-33-21-22-35-39(44(54)48(42(35)52)30-17-15-27(16-18-30)41(51)26-9-4-2-5-10-26)36(33)25-37-43(53)49(31-14-8-13-29(47)23-31)45(55)46(37,40)28-11-6-3-7-12-28/h2-21,23-24,35-37,39-40,50H,22,25H2,1H3. The molecule has 0 aromatic heterocycles. The van der Waals surface area contributed by atoms with Crippen molar-refractivity contribution in [2.45, 2.75) is 24.2 Å². The van der Waals surface area contributed by atoms with Crippen LogP contribution in [0.3, 0.4) is 0 Å². The zero-order valence-corrected chi connectivity index (χ0v) is 30.9. The van der Waals surface area contributed by atoms with Gasteiger partial charge >= 0.3 is 0 Å². The zero-order valence-electron chi connectivity index (χ0n) is 30.2. The fourth-order valence-corrected chi connectivity index (χ4v) is 9.94. The Morgan fingerprint density at radius 2 is 1.43 bits per heavy atom. The molecular weight excluding hydrogens is 728 g/mol. The van der Waals surface area contributed by atoms with Crippen LogP contribution in [0.25, 0.3) is 0 Å². The summed E-state index contributed by atoms with van der Waals surface area (Å²) < 4.78 is 5.42. The highest BCUT2D eigenvalue weighted by atomic mass is 35.5. The number of ether oxygens (including phenoxy) is 1. The molecule has 3 fully saturated rings. The Balaban J connectivity index is 1.18. The van der Waals surface area contributed by atoms with Gasteiger partial charge in [0, 0.05) is 33.7 Å². The fourth-order valence-electron chi connectivity index (χ4n) is 9.76. The molecule has 4 amide bonds. The van der Waals surface area contributed by atoms with Gasteiger partial charge in [-0.3, -0.25) is 28.9 Å². The third-order valence-corrected chi connectivity index (χ3v) is 12.4. The van der Waals surface area contributed by atoms with Crippen molar-refractivity contribution in [3.8, 4) is 11.5 Å². The Hall–Kier alpha value is -6.32. The lowest BCUT2D eigenvalue weighted by atomic mass is 9.49. The van der Waals surface area contributed by atoms with E-state index in [9.17, 15) is 24.3 Å². The number of anilines is 2. The molecule has 0 bridgehead atoms. The smallest absolute Gasteiger partial charge is 0.246 e. The summed E-state index contributed by atoms with van der Waals surface area (Å²) >= 11 is 6.41. The average molecular weight is 763 g/mol. The molecule has 1 saturated carbocycles. The molecule has 4 aliphatic rings. The number of hydrogen-bond donors (Lipinski definition) is 1. The van der Waals surface area contributed by atoms with Gasteiger partial charge in [0.15, 0.2) is 5.78 Å². The van der Waals surface area contributed by atoms with Gasteiger partial charge in [0.2, 0.25) is 23.6 Å². The number of hydrogen-bond acceptors (Lipinski definition) is 7. The first-order valence-electron chi connectivity index (χ1n) is 18.5. The molecule has 2 heterocycles. The maximum Gasteiger partial charge on any atom is 0.246 e. The first-order valence-corrected chi connectivity index (χ1v) is 18.9. The van der Waals surface area contributed by atoms with Crippen LogP contribution in [0.2, 0.25) is 5.02 Å². The van der Waals surface area contributed by atoms with Gasteiger partial charge in [-0.1, -0.05) is 96.0 Å². The van der Waals surface area contributed by atoms with E-state index in [2.05, 4.69) is 0 Å². The van der Waals surface area contributed by atoms with E-state index in [4.69, 9.17) is 16.3 Å². The third kappa shape index (κ3) is 5.18. The normalized spacial score (nSPS) is 25.4. The van der Waals surface area contributed by atoms with E-state index in [0.717, 1.165) is 0 Å². The molecule has 6 unspecified atom stereocenters. The molecule has 1 N–H and O–H groups in total. The molecule has 5 aromatic carbocycles. The van der Waals surface area contributed by atoms with E-state index in [1.807, 2.05) is 42.5 Å². The first-order chi connectivity index (χ1) is 27.1. The number of fused-ring (bicyclic) bond motifs is 4. The van der Waals surface area contributed by atoms with Crippen LogP contribution in [0, 0.1) is 23.7 Å². The summed E-state index contributed by atoms with van der Waals surface area (Å²) in [5, 5.41) is 12.1. The Bertz CT molecular complexity index is 2480. The number of carbonyl (C=O) groups excluding carboxylic acids is 5. The predicted molar refractivity (Wildman–Crippen MR) is 210 cm³/mol. The van der Waals surface area contributed by atoms with Crippen molar-refractivity contribution in [1.82, 2.24) is 0 Å². The number of benzene rings is 5. The highest BCUT2D eigenvalue weighted by Crippen LogP contribution is 2.65. The van der Waals surface area contributed by atoms with E-state index >= 15 is 4.79 Å². The topological polar surface area (TPSA) is 121 Å². The maximum atomic E-state index is 15.4. The van der Waals surface area contributed by atoms with Crippen molar-refractivity contribution in [2.75, 3.05) is 16.9 Å². The zero-order chi connectivity index (χ0) is 38.9. The van der Waals surface area contributed by atoms with Gasteiger partial charge in [-0.15, -0.1) is 0 Å². The number of carbonyl (C=O) groups is 5. The van der Waals surface area contributed by atoms with Crippen LogP contribution < -0.4 is 14.5 Å². The molecule has 2 saturated heterocycles. The number of aromatic hydroxyl groups is 1. The molecule has 9 nitrogen and oxygen atoms in total. The summed E-state index contributed by atoms with van der Waals surface area (Å²) in [6, 6.07) is 35.9. The van der Waals surface area contributed by atoms with Crippen molar-refractivity contribution in [3.05, 3.63) is 166 Å². The van der Waals surface area contributed by atoms with Crippen molar-refractivity contribution in [2.24, 2.45) is 23.7 Å². The fraction of sp³-hybridized carbons (Fsp3) is 0.196. The number of phenolic OH excluding ortho intramolecular Hbond substituents is 1. The molecule has 6 atom stereocenters. The van der Waals surface area contributed by atoms with Crippen LogP contribution in [0.5, 0.6) is 11.5 Å². The Labute approximate surface area is 327 Å². The lowest BCUT2D eigenvalue weighted by Gasteiger charge is -2.50. The molecule has 56 heavy (non-hydrogen) atoms.